The Morgan fingerprint density at radius 3 is 2.62 bits per heavy atom. The van der Waals surface area contributed by atoms with E-state index in [2.05, 4.69) is 17.0 Å². The van der Waals surface area contributed by atoms with Gasteiger partial charge in [0.05, 0.1) is 6.61 Å². The maximum Gasteiger partial charge on any atom is 0.255 e. The van der Waals surface area contributed by atoms with Crippen LogP contribution in [-0.2, 0) is 11.3 Å². The first-order valence-corrected chi connectivity index (χ1v) is 10.6. The van der Waals surface area contributed by atoms with E-state index in [0.29, 0.717) is 24.1 Å². The van der Waals surface area contributed by atoms with Crippen molar-refractivity contribution in [2.24, 2.45) is 5.73 Å². The van der Waals surface area contributed by atoms with E-state index in [1.807, 2.05) is 37.3 Å². The molecule has 0 radical (unpaired) electrons. The normalized spacial score (nSPS) is 17.5. The molecule has 5 nitrogen and oxygen atoms in total. The SMILES string of the molecule is CCOc1cc(CN2CCCCC[C@H]2c2ccc(Cl)cc2)ccc1OCC(N)=O. The Morgan fingerprint density at radius 1 is 1.10 bits per heavy atom. The maximum atomic E-state index is 11.0. The molecule has 2 aromatic rings. The Morgan fingerprint density at radius 2 is 1.90 bits per heavy atom. The summed E-state index contributed by atoms with van der Waals surface area (Å²) in [6, 6.07) is 14.5. The van der Waals surface area contributed by atoms with Crippen LogP contribution in [0.3, 0.4) is 0 Å². The van der Waals surface area contributed by atoms with E-state index in [1.54, 1.807) is 0 Å². The fourth-order valence-corrected chi connectivity index (χ4v) is 3.97. The zero-order valence-corrected chi connectivity index (χ0v) is 17.7. The summed E-state index contributed by atoms with van der Waals surface area (Å²) in [7, 11) is 0. The van der Waals surface area contributed by atoms with Crippen molar-refractivity contribution in [1.82, 2.24) is 4.90 Å². The highest BCUT2D eigenvalue weighted by atomic mass is 35.5. The van der Waals surface area contributed by atoms with Crippen molar-refractivity contribution in [3.8, 4) is 11.5 Å². The average Bonchev–Trinajstić information content (AvgIpc) is 2.94. The number of ether oxygens (including phenoxy) is 2. The lowest BCUT2D eigenvalue weighted by molar-refractivity contribution is -0.119. The molecule has 1 aliphatic rings. The third-order valence-corrected chi connectivity index (χ3v) is 5.43. The van der Waals surface area contributed by atoms with Crippen molar-refractivity contribution in [2.75, 3.05) is 19.8 Å². The van der Waals surface area contributed by atoms with E-state index >= 15 is 0 Å². The van der Waals surface area contributed by atoms with Crippen LogP contribution >= 0.6 is 11.6 Å². The summed E-state index contributed by atoms with van der Waals surface area (Å²) in [6.45, 7) is 4.16. The highest BCUT2D eigenvalue weighted by Crippen LogP contribution is 2.34. The molecule has 0 saturated carbocycles. The smallest absolute Gasteiger partial charge is 0.255 e. The number of benzene rings is 2. The molecule has 1 fully saturated rings. The molecule has 0 bridgehead atoms. The first-order valence-electron chi connectivity index (χ1n) is 10.2. The molecule has 0 spiro atoms. The zero-order chi connectivity index (χ0) is 20.6. The van der Waals surface area contributed by atoms with Crippen LogP contribution in [0, 0.1) is 0 Å². The topological polar surface area (TPSA) is 64.8 Å². The number of carbonyl (C=O) groups excluding carboxylic acids is 1. The number of amides is 1. The van der Waals surface area contributed by atoms with Gasteiger partial charge in [0.1, 0.15) is 0 Å². The van der Waals surface area contributed by atoms with Gasteiger partial charge in [-0.25, -0.2) is 0 Å². The van der Waals surface area contributed by atoms with Crippen molar-refractivity contribution in [3.63, 3.8) is 0 Å². The van der Waals surface area contributed by atoms with Crippen molar-refractivity contribution in [1.29, 1.82) is 0 Å². The molecule has 2 aromatic carbocycles. The second-order valence-electron chi connectivity index (χ2n) is 7.36. The number of nitrogens with two attached hydrogens (primary N) is 1. The minimum Gasteiger partial charge on any atom is -0.490 e. The second-order valence-corrected chi connectivity index (χ2v) is 7.79. The van der Waals surface area contributed by atoms with Gasteiger partial charge in [-0.05, 0) is 61.7 Å². The van der Waals surface area contributed by atoms with Gasteiger partial charge >= 0.3 is 0 Å². The van der Waals surface area contributed by atoms with Gasteiger partial charge in [0, 0.05) is 17.6 Å². The number of carbonyl (C=O) groups is 1. The summed E-state index contributed by atoms with van der Waals surface area (Å²) < 4.78 is 11.2. The molecule has 2 N–H and O–H groups in total. The van der Waals surface area contributed by atoms with Crippen LogP contribution in [-0.4, -0.2) is 30.6 Å². The summed E-state index contributed by atoms with van der Waals surface area (Å²) in [5, 5.41) is 0.766. The van der Waals surface area contributed by atoms with Crippen molar-refractivity contribution in [2.45, 2.75) is 45.2 Å². The predicted octanol–water partition coefficient (Wildman–Crippen LogP) is 4.72. The van der Waals surface area contributed by atoms with Crippen LogP contribution in [0.25, 0.3) is 0 Å². The fraction of sp³-hybridized carbons (Fsp3) is 0.435. The van der Waals surface area contributed by atoms with E-state index < -0.39 is 5.91 Å². The highest BCUT2D eigenvalue weighted by Gasteiger charge is 2.23. The van der Waals surface area contributed by atoms with E-state index in [9.17, 15) is 4.79 Å². The fourth-order valence-electron chi connectivity index (χ4n) is 3.84. The number of nitrogens with zero attached hydrogens (tertiary/aromatic N) is 1. The second kappa shape index (κ2) is 10.5. The van der Waals surface area contributed by atoms with Crippen LogP contribution in [0.2, 0.25) is 5.02 Å². The Labute approximate surface area is 177 Å². The van der Waals surface area contributed by atoms with E-state index in [0.717, 1.165) is 30.1 Å². The summed E-state index contributed by atoms with van der Waals surface area (Å²) >= 11 is 6.09. The molecule has 1 heterocycles. The minimum atomic E-state index is -0.508. The monoisotopic (exact) mass is 416 g/mol. The van der Waals surface area contributed by atoms with Gasteiger partial charge in [0.25, 0.3) is 5.91 Å². The van der Waals surface area contributed by atoms with Crippen molar-refractivity contribution < 1.29 is 14.3 Å². The number of primary amides is 1. The van der Waals surface area contributed by atoms with E-state index in [4.69, 9.17) is 26.8 Å². The first kappa shape index (κ1) is 21.5. The van der Waals surface area contributed by atoms with Crippen molar-refractivity contribution in [3.05, 3.63) is 58.6 Å². The zero-order valence-electron chi connectivity index (χ0n) is 16.9. The number of hydrogen-bond donors (Lipinski definition) is 1. The van der Waals surface area contributed by atoms with Crippen LogP contribution in [0.5, 0.6) is 11.5 Å². The highest BCUT2D eigenvalue weighted by molar-refractivity contribution is 6.30. The van der Waals surface area contributed by atoms with Gasteiger partial charge in [-0.3, -0.25) is 9.69 Å². The van der Waals surface area contributed by atoms with Crippen molar-refractivity contribution >= 4 is 17.5 Å². The van der Waals surface area contributed by atoms with Crippen LogP contribution < -0.4 is 15.2 Å². The Hall–Kier alpha value is -2.24. The molecule has 3 rings (SSSR count). The Kier molecular flexibility index (Phi) is 7.78. The molecule has 0 unspecified atom stereocenters. The summed E-state index contributed by atoms with van der Waals surface area (Å²) in [5.41, 5.74) is 7.65. The molecule has 1 aliphatic heterocycles. The lowest BCUT2D eigenvalue weighted by Gasteiger charge is -2.30. The van der Waals surface area contributed by atoms with Crippen LogP contribution in [0.1, 0.15) is 49.8 Å². The third-order valence-electron chi connectivity index (χ3n) is 5.18. The average molecular weight is 417 g/mol. The van der Waals surface area contributed by atoms with E-state index in [1.165, 1.54) is 24.8 Å². The van der Waals surface area contributed by atoms with E-state index in [-0.39, 0.29) is 6.61 Å². The predicted molar refractivity (Wildman–Crippen MR) is 115 cm³/mol. The molecular weight excluding hydrogens is 388 g/mol. The van der Waals surface area contributed by atoms with Gasteiger partial charge in [-0.15, -0.1) is 0 Å². The summed E-state index contributed by atoms with van der Waals surface area (Å²) in [6.07, 6.45) is 4.82. The van der Waals surface area contributed by atoms with Gasteiger partial charge < -0.3 is 15.2 Å². The molecule has 156 valence electrons. The first-order chi connectivity index (χ1) is 14.1. The number of likely N-dealkylation sites (tertiary alicyclic amines) is 1. The third kappa shape index (κ3) is 6.12. The molecule has 6 heteroatoms. The molecule has 0 aromatic heterocycles. The largest absolute Gasteiger partial charge is 0.490 e. The lowest BCUT2D eigenvalue weighted by Crippen LogP contribution is -2.28. The molecule has 1 saturated heterocycles. The number of halogens is 1. The lowest BCUT2D eigenvalue weighted by atomic mass is 10.0. The maximum absolute atomic E-state index is 11.0. The number of hydrogen-bond acceptors (Lipinski definition) is 4. The summed E-state index contributed by atoms with van der Waals surface area (Å²) in [4.78, 5) is 13.6. The van der Waals surface area contributed by atoms with Crippen LogP contribution in [0.15, 0.2) is 42.5 Å². The Bertz CT molecular complexity index is 810. The van der Waals surface area contributed by atoms with Gasteiger partial charge in [0.2, 0.25) is 0 Å². The molecule has 29 heavy (non-hydrogen) atoms. The standard InChI is InChI=1S/C23H29ClN2O3/c1-2-28-22-14-17(7-12-21(22)29-16-23(25)27)15-26-13-5-3-4-6-20(26)18-8-10-19(24)11-9-18/h7-12,14,20H,2-6,13,15-16H2,1H3,(H2,25,27)/t20-/m0/s1. The number of rotatable bonds is 8. The Balaban J connectivity index is 1.80. The van der Waals surface area contributed by atoms with Gasteiger partial charge in [0.15, 0.2) is 18.1 Å². The quantitative estimate of drug-likeness (QED) is 0.676. The van der Waals surface area contributed by atoms with Crippen LogP contribution in [0.4, 0.5) is 0 Å². The van der Waals surface area contributed by atoms with Gasteiger partial charge in [-0.1, -0.05) is 42.6 Å². The molecule has 1 atom stereocenters. The minimum absolute atomic E-state index is 0.163. The molecule has 0 aliphatic carbocycles. The molecular formula is C23H29ClN2O3. The summed E-state index contributed by atoms with van der Waals surface area (Å²) in [5.74, 6) is 0.676. The van der Waals surface area contributed by atoms with Gasteiger partial charge in [-0.2, -0.15) is 0 Å². The molecule has 1 amide bonds.